The molecule has 0 aliphatic carbocycles. The van der Waals surface area contributed by atoms with Crippen molar-refractivity contribution in [3.63, 3.8) is 0 Å². The van der Waals surface area contributed by atoms with Crippen LogP contribution in [0.1, 0.15) is 87.7 Å². The molecule has 46 heavy (non-hydrogen) atoms. The predicted octanol–water partition coefficient (Wildman–Crippen LogP) is 9.84. The van der Waals surface area contributed by atoms with Crippen molar-refractivity contribution in [3.05, 3.63) is 122 Å². The molecule has 0 atom stereocenters. The van der Waals surface area contributed by atoms with Crippen LogP contribution in [0.15, 0.2) is 66.7 Å². The van der Waals surface area contributed by atoms with Gasteiger partial charge in [-0.2, -0.15) is 0 Å². The average Bonchev–Trinajstić information content (AvgIpc) is 3.57. The minimum atomic E-state index is 0.984. The molecule has 3 nitrogen and oxygen atoms in total. The lowest BCUT2D eigenvalue weighted by Gasteiger charge is -2.28. The molecule has 0 aromatic heterocycles. The van der Waals surface area contributed by atoms with Gasteiger partial charge in [0.2, 0.25) is 0 Å². The summed E-state index contributed by atoms with van der Waals surface area (Å²) in [4.78, 5) is 8.99. The lowest BCUT2D eigenvalue weighted by atomic mass is 9.89. The van der Waals surface area contributed by atoms with E-state index in [-0.39, 0.29) is 0 Å². The van der Waals surface area contributed by atoms with Crippen molar-refractivity contribution in [1.82, 2.24) is 9.96 Å². The minimum absolute atomic E-state index is 0.984. The van der Waals surface area contributed by atoms with Gasteiger partial charge in [0.1, 0.15) is 0 Å². The van der Waals surface area contributed by atoms with E-state index >= 15 is 0 Å². The first-order valence-corrected chi connectivity index (χ1v) is 17.9. The van der Waals surface area contributed by atoms with Crippen molar-refractivity contribution in [2.75, 3.05) is 26.2 Å². The smallest absolute Gasteiger partial charge is 0.150 e. The molecule has 4 aromatic carbocycles. The summed E-state index contributed by atoms with van der Waals surface area (Å²) in [6.45, 7) is 16.9. The molecule has 3 heteroatoms. The van der Waals surface area contributed by atoms with E-state index in [1.54, 1.807) is 5.56 Å². The Morgan fingerprint density at radius 1 is 0.522 bits per heavy atom. The van der Waals surface area contributed by atoms with E-state index < -0.39 is 0 Å². The fourth-order valence-electron chi connectivity index (χ4n) is 7.55. The summed E-state index contributed by atoms with van der Waals surface area (Å²) >= 11 is 0. The average molecular weight is 615 g/mol. The van der Waals surface area contributed by atoms with Gasteiger partial charge in [-0.05, 0) is 166 Å². The van der Waals surface area contributed by atoms with E-state index in [2.05, 4.69) is 111 Å². The number of nitrogens with zero attached hydrogens (tertiary/aromatic N) is 2. The van der Waals surface area contributed by atoms with Gasteiger partial charge in [0.15, 0.2) is 5.75 Å². The SMILES string of the molecule is Cc1ccc(CCc2cc(CCc3cccc(-c4cccc(ON5CCCC5)c4C)c3C)c(C)cc2CN2CCCCC2)cc1C. The topological polar surface area (TPSA) is 15.7 Å². The number of hydrogen-bond donors (Lipinski definition) is 0. The molecule has 242 valence electrons. The highest BCUT2D eigenvalue weighted by Crippen LogP contribution is 2.34. The number of piperidine rings is 1. The summed E-state index contributed by atoms with van der Waals surface area (Å²) in [5, 5.41) is 2.12. The fourth-order valence-corrected chi connectivity index (χ4v) is 7.55. The quantitative estimate of drug-likeness (QED) is 0.167. The standard InChI is InChI=1S/C43H54N2O/c1-31-17-18-36(27-32(31)2)19-20-39-29-38(33(3)28-40(39)30-44-23-7-6-8-24-44)22-21-37-13-11-14-41(34(37)4)42-15-12-16-43(35(42)5)46-45-25-9-10-26-45/h11-18,27-29H,6-10,19-26,30H2,1-5H3. The zero-order chi connectivity index (χ0) is 32.0. The highest BCUT2D eigenvalue weighted by atomic mass is 16.7. The van der Waals surface area contributed by atoms with Crippen LogP contribution in [-0.4, -0.2) is 36.1 Å². The van der Waals surface area contributed by atoms with E-state index in [9.17, 15) is 0 Å². The van der Waals surface area contributed by atoms with Gasteiger partial charge in [0.25, 0.3) is 0 Å². The van der Waals surface area contributed by atoms with Crippen molar-refractivity contribution >= 4 is 0 Å². The van der Waals surface area contributed by atoms with E-state index in [1.807, 2.05) is 0 Å². The number of hydroxylamine groups is 2. The molecular formula is C43H54N2O. The van der Waals surface area contributed by atoms with E-state index in [4.69, 9.17) is 4.84 Å². The Morgan fingerprint density at radius 2 is 1.20 bits per heavy atom. The zero-order valence-electron chi connectivity index (χ0n) is 29.1. The second kappa shape index (κ2) is 15.0. The Balaban J connectivity index is 1.22. The van der Waals surface area contributed by atoms with Crippen LogP contribution in [0.2, 0.25) is 0 Å². The largest absolute Gasteiger partial charge is 0.406 e. The van der Waals surface area contributed by atoms with Crippen molar-refractivity contribution in [1.29, 1.82) is 0 Å². The maximum Gasteiger partial charge on any atom is 0.150 e. The zero-order valence-corrected chi connectivity index (χ0v) is 29.1. The second-order valence-corrected chi connectivity index (χ2v) is 14.0. The van der Waals surface area contributed by atoms with Gasteiger partial charge in [0, 0.05) is 25.2 Å². The van der Waals surface area contributed by atoms with Gasteiger partial charge >= 0.3 is 0 Å². The summed E-state index contributed by atoms with van der Waals surface area (Å²) < 4.78 is 0. The molecule has 2 aliphatic rings. The molecule has 2 fully saturated rings. The van der Waals surface area contributed by atoms with Crippen LogP contribution in [0.3, 0.4) is 0 Å². The second-order valence-electron chi connectivity index (χ2n) is 14.0. The van der Waals surface area contributed by atoms with Gasteiger partial charge in [0.05, 0.1) is 0 Å². The summed E-state index contributed by atoms with van der Waals surface area (Å²) in [7, 11) is 0. The first-order chi connectivity index (χ1) is 22.4. The normalized spacial score (nSPS) is 15.8. The first-order valence-electron chi connectivity index (χ1n) is 17.9. The van der Waals surface area contributed by atoms with Gasteiger partial charge in [-0.3, -0.25) is 4.90 Å². The molecule has 4 aromatic rings. The van der Waals surface area contributed by atoms with Crippen molar-refractivity contribution in [3.8, 4) is 16.9 Å². The van der Waals surface area contributed by atoms with Crippen LogP contribution in [0.5, 0.6) is 5.75 Å². The van der Waals surface area contributed by atoms with Gasteiger partial charge in [-0.1, -0.05) is 67.1 Å². The van der Waals surface area contributed by atoms with Crippen LogP contribution >= 0.6 is 0 Å². The Kier molecular flexibility index (Phi) is 10.6. The molecule has 2 saturated heterocycles. The van der Waals surface area contributed by atoms with E-state index in [0.717, 1.165) is 51.1 Å². The third kappa shape index (κ3) is 7.76. The highest BCUT2D eigenvalue weighted by molar-refractivity contribution is 5.73. The molecule has 0 bridgehead atoms. The van der Waals surface area contributed by atoms with Crippen LogP contribution < -0.4 is 4.84 Å². The summed E-state index contributed by atoms with van der Waals surface area (Å²) in [5.74, 6) is 0.984. The lowest BCUT2D eigenvalue weighted by Crippen LogP contribution is -2.29. The third-order valence-electron chi connectivity index (χ3n) is 10.7. The first kappa shape index (κ1) is 32.5. The fraction of sp³-hybridized carbons (Fsp3) is 0.442. The molecular weight excluding hydrogens is 560 g/mol. The molecule has 0 unspecified atom stereocenters. The number of likely N-dealkylation sites (tertiary alicyclic amines) is 1. The Morgan fingerprint density at radius 3 is 1.96 bits per heavy atom. The van der Waals surface area contributed by atoms with Crippen LogP contribution in [0.25, 0.3) is 11.1 Å². The third-order valence-corrected chi connectivity index (χ3v) is 10.7. The molecule has 0 radical (unpaired) electrons. The van der Waals surface area contributed by atoms with Crippen LogP contribution in [-0.2, 0) is 32.2 Å². The maximum atomic E-state index is 6.31. The number of hydrogen-bond acceptors (Lipinski definition) is 3. The minimum Gasteiger partial charge on any atom is -0.406 e. The van der Waals surface area contributed by atoms with E-state index in [0.29, 0.717) is 0 Å². The monoisotopic (exact) mass is 614 g/mol. The number of rotatable bonds is 11. The summed E-state index contributed by atoms with van der Waals surface area (Å²) in [6, 6.07) is 25.5. The number of aryl methyl sites for hydroxylation is 7. The molecule has 0 saturated carbocycles. The lowest BCUT2D eigenvalue weighted by molar-refractivity contribution is -0.0352. The molecule has 0 amide bonds. The summed E-state index contributed by atoms with van der Waals surface area (Å²) in [5.41, 5.74) is 16.9. The van der Waals surface area contributed by atoms with Crippen molar-refractivity contribution in [2.45, 2.75) is 99.0 Å². The maximum absolute atomic E-state index is 6.31. The van der Waals surface area contributed by atoms with E-state index in [1.165, 1.54) is 106 Å². The van der Waals surface area contributed by atoms with Gasteiger partial charge in [-0.25, -0.2) is 0 Å². The highest BCUT2D eigenvalue weighted by Gasteiger charge is 2.18. The number of benzene rings is 4. The molecule has 6 rings (SSSR count). The van der Waals surface area contributed by atoms with Crippen LogP contribution in [0, 0.1) is 34.6 Å². The predicted molar refractivity (Wildman–Crippen MR) is 194 cm³/mol. The molecule has 2 aliphatic heterocycles. The Labute approximate surface area is 278 Å². The molecule has 2 heterocycles. The van der Waals surface area contributed by atoms with Crippen molar-refractivity contribution in [2.24, 2.45) is 0 Å². The molecule has 0 N–H and O–H groups in total. The molecule has 0 spiro atoms. The van der Waals surface area contributed by atoms with Gasteiger partial charge in [-0.15, -0.1) is 5.06 Å². The Hall–Kier alpha value is -3.40. The summed E-state index contributed by atoms with van der Waals surface area (Å²) in [6.07, 6.45) is 10.8. The van der Waals surface area contributed by atoms with Crippen LogP contribution in [0.4, 0.5) is 0 Å². The Bertz CT molecular complexity index is 1640. The van der Waals surface area contributed by atoms with Gasteiger partial charge < -0.3 is 4.84 Å². The van der Waals surface area contributed by atoms with Crippen molar-refractivity contribution < 1.29 is 4.84 Å².